The number of aliphatic hydroxyl groups is 2. The minimum Gasteiger partial charge on any atom is -0.396 e. The van der Waals surface area contributed by atoms with Crippen molar-refractivity contribution in [3.8, 4) is 0 Å². The molecule has 3 N–H and O–H groups in total. The van der Waals surface area contributed by atoms with Crippen LogP contribution in [0.4, 0.5) is 0 Å². The van der Waals surface area contributed by atoms with Gasteiger partial charge in [-0.05, 0) is 18.3 Å². The summed E-state index contributed by atoms with van der Waals surface area (Å²) < 4.78 is 1.63. The molecule has 1 aromatic rings. The van der Waals surface area contributed by atoms with E-state index in [1.54, 1.807) is 4.68 Å². The van der Waals surface area contributed by atoms with Gasteiger partial charge in [0, 0.05) is 25.9 Å². The fourth-order valence-corrected chi connectivity index (χ4v) is 1.81. The molecule has 18 heavy (non-hydrogen) atoms. The highest BCUT2D eigenvalue weighted by atomic mass is 16.3. The van der Waals surface area contributed by atoms with Crippen LogP contribution in [0.25, 0.3) is 0 Å². The van der Waals surface area contributed by atoms with Crippen molar-refractivity contribution in [2.24, 2.45) is 5.41 Å². The van der Waals surface area contributed by atoms with E-state index in [2.05, 4.69) is 29.5 Å². The zero-order valence-electron chi connectivity index (χ0n) is 11.3. The van der Waals surface area contributed by atoms with Crippen molar-refractivity contribution in [3.63, 3.8) is 0 Å². The fourth-order valence-electron chi connectivity index (χ4n) is 1.81. The normalized spacial score (nSPS) is 12.0. The molecule has 1 heterocycles. The Labute approximate surface area is 108 Å². The van der Waals surface area contributed by atoms with Crippen LogP contribution in [0.1, 0.15) is 32.4 Å². The molecule has 0 fully saturated rings. The molecule has 6 heteroatoms. The van der Waals surface area contributed by atoms with Gasteiger partial charge >= 0.3 is 0 Å². The summed E-state index contributed by atoms with van der Waals surface area (Å²) in [6, 6.07) is 0. The third kappa shape index (κ3) is 5.57. The first-order valence-corrected chi connectivity index (χ1v) is 6.39. The highest BCUT2D eigenvalue weighted by molar-refractivity contribution is 4.91. The molecule has 6 nitrogen and oxygen atoms in total. The molecule has 0 bridgehead atoms. The first kappa shape index (κ1) is 15.1. The molecule has 0 saturated heterocycles. The lowest BCUT2D eigenvalue weighted by molar-refractivity contribution is 0.236. The van der Waals surface area contributed by atoms with Crippen LogP contribution in [0.3, 0.4) is 0 Å². The minimum atomic E-state index is 0.0738. The van der Waals surface area contributed by atoms with E-state index in [4.69, 9.17) is 10.2 Å². The van der Waals surface area contributed by atoms with Crippen LogP contribution in [0.2, 0.25) is 0 Å². The van der Waals surface area contributed by atoms with E-state index >= 15 is 0 Å². The second-order valence-electron chi connectivity index (χ2n) is 5.29. The van der Waals surface area contributed by atoms with E-state index in [1.807, 2.05) is 6.20 Å². The first-order chi connectivity index (χ1) is 8.57. The monoisotopic (exact) mass is 256 g/mol. The standard InChI is InChI=1S/C12H24N4O2/c1-12(2,4-3-6-17)10-13-8-11-9-16(5-7-18)15-14-11/h9,13,17-18H,3-8,10H2,1-2H3. The zero-order valence-corrected chi connectivity index (χ0v) is 11.3. The molecule has 0 aliphatic heterocycles. The number of aliphatic hydroxyl groups excluding tert-OH is 2. The van der Waals surface area contributed by atoms with Crippen LogP contribution in [-0.4, -0.2) is 45.0 Å². The van der Waals surface area contributed by atoms with E-state index in [-0.39, 0.29) is 18.6 Å². The maximum atomic E-state index is 8.82. The Morgan fingerprint density at radius 3 is 2.78 bits per heavy atom. The number of nitrogens with zero attached hydrogens (tertiary/aromatic N) is 3. The number of hydrogen-bond donors (Lipinski definition) is 3. The Bertz CT molecular complexity index is 339. The van der Waals surface area contributed by atoms with Gasteiger partial charge in [-0.2, -0.15) is 0 Å². The number of rotatable bonds is 9. The van der Waals surface area contributed by atoms with Crippen LogP contribution in [-0.2, 0) is 13.1 Å². The lowest BCUT2D eigenvalue weighted by Crippen LogP contribution is -2.29. The smallest absolute Gasteiger partial charge is 0.0964 e. The van der Waals surface area contributed by atoms with Crippen LogP contribution in [0.15, 0.2) is 6.20 Å². The van der Waals surface area contributed by atoms with Gasteiger partial charge in [0.1, 0.15) is 0 Å². The Morgan fingerprint density at radius 1 is 1.33 bits per heavy atom. The highest BCUT2D eigenvalue weighted by Crippen LogP contribution is 2.20. The fraction of sp³-hybridized carbons (Fsp3) is 0.833. The SMILES string of the molecule is CC(C)(CCCO)CNCc1cn(CCO)nn1. The van der Waals surface area contributed by atoms with Gasteiger partial charge in [0.15, 0.2) is 0 Å². The van der Waals surface area contributed by atoms with Gasteiger partial charge in [-0.15, -0.1) is 5.10 Å². The van der Waals surface area contributed by atoms with Gasteiger partial charge in [-0.3, -0.25) is 0 Å². The molecular formula is C12H24N4O2. The van der Waals surface area contributed by atoms with E-state index in [0.717, 1.165) is 25.1 Å². The number of nitrogens with one attached hydrogen (secondary N) is 1. The van der Waals surface area contributed by atoms with Gasteiger partial charge in [-0.1, -0.05) is 19.1 Å². The van der Waals surface area contributed by atoms with Crippen molar-refractivity contribution in [1.82, 2.24) is 20.3 Å². The molecule has 0 atom stereocenters. The van der Waals surface area contributed by atoms with Crippen LogP contribution < -0.4 is 5.32 Å². The average molecular weight is 256 g/mol. The lowest BCUT2D eigenvalue weighted by Gasteiger charge is -2.24. The molecule has 0 aliphatic carbocycles. The summed E-state index contributed by atoms with van der Waals surface area (Å²) in [5.41, 5.74) is 1.05. The van der Waals surface area contributed by atoms with Crippen molar-refractivity contribution in [3.05, 3.63) is 11.9 Å². The van der Waals surface area contributed by atoms with E-state index in [0.29, 0.717) is 13.1 Å². The molecule has 0 aromatic carbocycles. The van der Waals surface area contributed by atoms with Gasteiger partial charge in [0.2, 0.25) is 0 Å². The molecular weight excluding hydrogens is 232 g/mol. The molecule has 1 aromatic heterocycles. The predicted molar refractivity (Wildman–Crippen MR) is 68.9 cm³/mol. The van der Waals surface area contributed by atoms with Gasteiger partial charge in [-0.25, -0.2) is 4.68 Å². The quantitative estimate of drug-likeness (QED) is 0.586. The largest absolute Gasteiger partial charge is 0.396 e. The van der Waals surface area contributed by atoms with Crippen LogP contribution in [0, 0.1) is 5.41 Å². The summed E-state index contributed by atoms with van der Waals surface area (Å²) in [6.45, 7) is 6.71. The summed E-state index contributed by atoms with van der Waals surface area (Å²) in [6.07, 6.45) is 3.67. The van der Waals surface area contributed by atoms with Gasteiger partial charge < -0.3 is 15.5 Å². The average Bonchev–Trinajstić information content (AvgIpc) is 2.75. The minimum absolute atomic E-state index is 0.0738. The van der Waals surface area contributed by atoms with Crippen molar-refractivity contribution >= 4 is 0 Å². The second-order valence-corrected chi connectivity index (χ2v) is 5.29. The number of hydrogen-bond acceptors (Lipinski definition) is 5. The van der Waals surface area contributed by atoms with E-state index in [1.165, 1.54) is 0 Å². The van der Waals surface area contributed by atoms with Crippen molar-refractivity contribution < 1.29 is 10.2 Å². The molecule has 1 rings (SSSR count). The number of aromatic nitrogens is 3. The molecule has 0 aliphatic rings. The van der Waals surface area contributed by atoms with Crippen LogP contribution in [0.5, 0.6) is 0 Å². The maximum Gasteiger partial charge on any atom is 0.0964 e. The zero-order chi connectivity index (χ0) is 13.4. The first-order valence-electron chi connectivity index (χ1n) is 6.39. The molecule has 0 unspecified atom stereocenters. The highest BCUT2D eigenvalue weighted by Gasteiger charge is 2.16. The van der Waals surface area contributed by atoms with Crippen molar-refractivity contribution in [2.45, 2.75) is 39.8 Å². The maximum absolute atomic E-state index is 8.82. The summed E-state index contributed by atoms with van der Waals surface area (Å²) in [5.74, 6) is 0. The van der Waals surface area contributed by atoms with Gasteiger partial charge in [0.05, 0.1) is 18.8 Å². The summed E-state index contributed by atoms with van der Waals surface area (Å²) in [7, 11) is 0. The molecule has 0 radical (unpaired) electrons. The molecule has 104 valence electrons. The third-order valence-corrected chi connectivity index (χ3v) is 2.84. The summed E-state index contributed by atoms with van der Waals surface area (Å²) in [4.78, 5) is 0. The Balaban J connectivity index is 2.27. The van der Waals surface area contributed by atoms with Crippen molar-refractivity contribution in [2.75, 3.05) is 19.8 Å². The Morgan fingerprint density at radius 2 is 2.11 bits per heavy atom. The molecule has 0 saturated carbocycles. The summed E-state index contributed by atoms with van der Waals surface area (Å²) in [5, 5.41) is 28.9. The van der Waals surface area contributed by atoms with E-state index < -0.39 is 0 Å². The second kappa shape index (κ2) is 7.45. The third-order valence-electron chi connectivity index (χ3n) is 2.84. The topological polar surface area (TPSA) is 83.2 Å². The summed E-state index contributed by atoms with van der Waals surface area (Å²) >= 11 is 0. The lowest BCUT2D eigenvalue weighted by atomic mass is 9.88. The molecule has 0 spiro atoms. The van der Waals surface area contributed by atoms with Crippen molar-refractivity contribution in [1.29, 1.82) is 0 Å². The Kier molecular flexibility index (Phi) is 6.24. The predicted octanol–water partition coefficient (Wildman–Crippen LogP) is 0.159. The van der Waals surface area contributed by atoms with Crippen LogP contribution >= 0.6 is 0 Å². The van der Waals surface area contributed by atoms with E-state index in [9.17, 15) is 0 Å². The Hall–Kier alpha value is -0.980. The molecule has 0 amide bonds. The van der Waals surface area contributed by atoms with Gasteiger partial charge in [0.25, 0.3) is 0 Å².